The van der Waals surface area contributed by atoms with E-state index in [1.165, 1.54) is 11.8 Å². The number of esters is 1. The van der Waals surface area contributed by atoms with E-state index < -0.39 is 12.2 Å². The normalized spacial score (nSPS) is 40.6. The van der Waals surface area contributed by atoms with Crippen molar-refractivity contribution in [3.8, 4) is 6.07 Å². The van der Waals surface area contributed by atoms with Crippen molar-refractivity contribution in [3.05, 3.63) is 0 Å². The van der Waals surface area contributed by atoms with Crippen LogP contribution in [0.1, 0.15) is 46.0 Å². The highest BCUT2D eigenvalue weighted by Gasteiger charge is 2.57. The quantitative estimate of drug-likeness (QED) is 0.688. The van der Waals surface area contributed by atoms with Crippen LogP contribution < -0.4 is 10.6 Å². The largest absolute Gasteiger partial charge is 0.462 e. The van der Waals surface area contributed by atoms with Gasteiger partial charge >= 0.3 is 5.97 Å². The van der Waals surface area contributed by atoms with Gasteiger partial charge in [0.05, 0.1) is 19.2 Å². The predicted octanol–water partition coefficient (Wildman–Crippen LogP) is 0.891. The fourth-order valence-electron chi connectivity index (χ4n) is 5.43. The second-order valence-corrected chi connectivity index (χ2v) is 8.59. The molecule has 3 fully saturated rings. The number of halogens is 1. The molecule has 7 nitrogen and oxygen atoms in total. The van der Waals surface area contributed by atoms with E-state index in [0.717, 1.165) is 25.7 Å². The first kappa shape index (κ1) is 20.0. The lowest BCUT2D eigenvalue weighted by atomic mass is 9.89. The van der Waals surface area contributed by atoms with Gasteiger partial charge in [0.2, 0.25) is 5.91 Å². The van der Waals surface area contributed by atoms with Crippen molar-refractivity contribution in [2.24, 2.45) is 5.92 Å². The van der Waals surface area contributed by atoms with Crippen molar-refractivity contribution in [1.29, 1.82) is 5.26 Å². The van der Waals surface area contributed by atoms with Crippen molar-refractivity contribution in [2.75, 3.05) is 20.1 Å². The van der Waals surface area contributed by atoms with Crippen LogP contribution >= 0.6 is 0 Å². The summed E-state index contributed by atoms with van der Waals surface area (Å²) >= 11 is 0. The van der Waals surface area contributed by atoms with Gasteiger partial charge in [-0.05, 0) is 39.2 Å². The van der Waals surface area contributed by atoms with E-state index in [-0.39, 0.29) is 48.6 Å². The van der Waals surface area contributed by atoms with Crippen molar-refractivity contribution >= 4 is 11.9 Å². The zero-order valence-electron chi connectivity index (χ0n) is 16.3. The number of hydrogen-bond acceptors (Lipinski definition) is 6. The van der Waals surface area contributed by atoms with Crippen LogP contribution in [0.5, 0.6) is 0 Å². The van der Waals surface area contributed by atoms with Crippen LogP contribution in [0.2, 0.25) is 0 Å². The van der Waals surface area contributed by atoms with E-state index in [1.807, 2.05) is 13.1 Å². The summed E-state index contributed by atoms with van der Waals surface area (Å²) in [6.45, 7) is 3.64. The first-order chi connectivity index (χ1) is 12.7. The van der Waals surface area contributed by atoms with Crippen molar-refractivity contribution < 1.29 is 18.7 Å². The molecule has 0 spiro atoms. The summed E-state index contributed by atoms with van der Waals surface area (Å²) in [5.74, 6) is -0.119. The van der Waals surface area contributed by atoms with Crippen molar-refractivity contribution in [1.82, 2.24) is 15.5 Å². The summed E-state index contributed by atoms with van der Waals surface area (Å²) in [6, 6.07) is 1.35. The van der Waals surface area contributed by atoms with Crippen LogP contribution in [-0.2, 0) is 14.3 Å². The topological polar surface area (TPSA) is 94.5 Å². The molecular weight excluding hydrogens is 351 g/mol. The number of carbonyl (C=O) groups excluding carboxylic acids is 2. The third kappa shape index (κ3) is 3.94. The van der Waals surface area contributed by atoms with E-state index in [2.05, 4.69) is 17.6 Å². The average molecular weight is 380 g/mol. The molecule has 0 radical (unpaired) electrons. The van der Waals surface area contributed by atoms with E-state index in [1.54, 1.807) is 0 Å². The number of alkyl halides is 1. The van der Waals surface area contributed by atoms with Gasteiger partial charge in [0, 0.05) is 30.8 Å². The smallest absolute Gasteiger partial charge is 0.302 e. The molecule has 2 saturated carbocycles. The molecule has 2 aliphatic carbocycles. The Morgan fingerprint density at radius 2 is 2.11 bits per heavy atom. The Morgan fingerprint density at radius 1 is 1.37 bits per heavy atom. The number of nitrogens with one attached hydrogen (secondary N) is 2. The highest BCUT2D eigenvalue weighted by Crippen LogP contribution is 2.52. The number of nitrogens with zero attached hydrogens (tertiary/aromatic N) is 2. The first-order valence-corrected chi connectivity index (χ1v) is 9.64. The van der Waals surface area contributed by atoms with Crippen molar-refractivity contribution in [3.63, 3.8) is 0 Å². The molecule has 6 atom stereocenters. The maximum absolute atomic E-state index is 13.6. The average Bonchev–Trinajstić information content (AvgIpc) is 3.20. The van der Waals surface area contributed by atoms with Gasteiger partial charge in [-0.15, -0.1) is 0 Å². The summed E-state index contributed by atoms with van der Waals surface area (Å²) in [7, 11) is 1.93. The maximum Gasteiger partial charge on any atom is 0.302 e. The predicted molar refractivity (Wildman–Crippen MR) is 96.3 cm³/mol. The Bertz CT molecular complexity index is 653. The number of fused-ring (bicyclic) bond motifs is 1. The molecule has 1 heterocycles. The number of carbonyl (C=O) groups is 2. The first-order valence-electron chi connectivity index (χ1n) is 9.64. The van der Waals surface area contributed by atoms with Gasteiger partial charge in [-0.1, -0.05) is 0 Å². The molecule has 1 saturated heterocycles. The SMILES string of the molecule is CNC12CC(OC(C)=O)CC1CC(C)(NCC(=O)N1CC(F)CC1C#N)C2. The monoisotopic (exact) mass is 380 g/mol. The van der Waals surface area contributed by atoms with Crippen LogP contribution in [0, 0.1) is 17.2 Å². The van der Waals surface area contributed by atoms with Crippen LogP contribution in [0.4, 0.5) is 4.39 Å². The van der Waals surface area contributed by atoms with Crippen LogP contribution in [0.15, 0.2) is 0 Å². The molecule has 2 N–H and O–H groups in total. The molecule has 0 aromatic carbocycles. The number of amides is 1. The molecule has 0 bridgehead atoms. The Kier molecular flexibility index (Phi) is 5.46. The zero-order chi connectivity index (χ0) is 19.8. The molecule has 1 aliphatic heterocycles. The number of likely N-dealkylation sites (tertiary alicyclic amines) is 1. The fourth-order valence-corrected chi connectivity index (χ4v) is 5.43. The summed E-state index contributed by atoms with van der Waals surface area (Å²) < 4.78 is 19.0. The lowest BCUT2D eigenvalue weighted by Crippen LogP contribution is -2.51. The number of rotatable bonds is 5. The Balaban J connectivity index is 1.58. The number of nitriles is 1. The van der Waals surface area contributed by atoms with Crippen LogP contribution in [-0.4, -0.2) is 66.3 Å². The molecule has 27 heavy (non-hydrogen) atoms. The zero-order valence-corrected chi connectivity index (χ0v) is 16.3. The van der Waals surface area contributed by atoms with Crippen molar-refractivity contribution in [2.45, 2.75) is 75.3 Å². The van der Waals surface area contributed by atoms with E-state index in [9.17, 15) is 14.0 Å². The lowest BCUT2D eigenvalue weighted by Gasteiger charge is -2.33. The third-order valence-corrected chi connectivity index (χ3v) is 6.54. The third-order valence-electron chi connectivity index (χ3n) is 6.54. The minimum atomic E-state index is -1.12. The standard InChI is InChI=1S/C19H29FN4O3/c1-12(25)27-16-4-13-6-18(2,11-19(13,7-16)22-3)23-9-17(26)24-10-14(20)5-15(24)8-21/h13-16,22-23H,4-7,9-11H2,1-3H3. The Morgan fingerprint density at radius 3 is 2.70 bits per heavy atom. The highest BCUT2D eigenvalue weighted by atomic mass is 19.1. The van der Waals surface area contributed by atoms with Crippen LogP contribution in [0.25, 0.3) is 0 Å². The molecule has 0 aromatic rings. The molecule has 1 amide bonds. The molecule has 150 valence electrons. The molecular formula is C19H29FN4O3. The van der Waals surface area contributed by atoms with Gasteiger partial charge in [-0.25, -0.2) is 4.39 Å². The molecule has 3 rings (SSSR count). The molecule has 0 aromatic heterocycles. The second kappa shape index (κ2) is 7.36. The molecule has 6 unspecified atom stereocenters. The fraction of sp³-hybridized carbons (Fsp3) is 0.842. The summed E-state index contributed by atoms with van der Waals surface area (Å²) in [6.07, 6.45) is 2.19. The minimum absolute atomic E-state index is 0.00258. The molecule has 3 aliphatic rings. The van der Waals surface area contributed by atoms with Gasteiger partial charge in [-0.3, -0.25) is 9.59 Å². The Labute approximate surface area is 159 Å². The number of hydrogen-bond donors (Lipinski definition) is 2. The highest BCUT2D eigenvalue weighted by molar-refractivity contribution is 5.79. The summed E-state index contributed by atoms with van der Waals surface area (Å²) in [4.78, 5) is 25.1. The minimum Gasteiger partial charge on any atom is -0.462 e. The van der Waals surface area contributed by atoms with Gasteiger partial charge < -0.3 is 20.3 Å². The van der Waals surface area contributed by atoms with E-state index >= 15 is 0 Å². The van der Waals surface area contributed by atoms with Gasteiger partial charge in [0.1, 0.15) is 18.3 Å². The van der Waals surface area contributed by atoms with E-state index in [4.69, 9.17) is 10.00 Å². The number of ether oxygens (including phenoxy) is 1. The lowest BCUT2D eigenvalue weighted by molar-refractivity contribution is -0.146. The Hall–Kier alpha value is -1.72. The van der Waals surface area contributed by atoms with Crippen LogP contribution in [0.3, 0.4) is 0 Å². The van der Waals surface area contributed by atoms with Gasteiger partial charge in [0.25, 0.3) is 0 Å². The van der Waals surface area contributed by atoms with Gasteiger partial charge in [0.15, 0.2) is 0 Å². The summed E-state index contributed by atoms with van der Waals surface area (Å²) in [5.41, 5.74) is -0.348. The van der Waals surface area contributed by atoms with E-state index in [0.29, 0.717) is 5.92 Å². The maximum atomic E-state index is 13.6. The molecule has 8 heteroatoms. The second-order valence-electron chi connectivity index (χ2n) is 8.59. The van der Waals surface area contributed by atoms with Gasteiger partial charge in [-0.2, -0.15) is 5.26 Å². The summed E-state index contributed by atoms with van der Waals surface area (Å²) in [5, 5.41) is 15.9.